The van der Waals surface area contributed by atoms with Crippen LogP contribution in [-0.2, 0) is 14.6 Å². The summed E-state index contributed by atoms with van der Waals surface area (Å²) in [4.78, 5) is 12.9. The summed E-state index contributed by atoms with van der Waals surface area (Å²) >= 11 is 1.41. The van der Waals surface area contributed by atoms with Crippen LogP contribution in [0.5, 0.6) is 5.75 Å². The number of benzene rings is 2. The van der Waals surface area contributed by atoms with Crippen molar-refractivity contribution in [2.45, 2.75) is 16.7 Å². The zero-order valence-electron chi connectivity index (χ0n) is 12.7. The topological polar surface area (TPSA) is 71.4 Å². The molecule has 0 saturated heterocycles. The number of hydrogen-bond donors (Lipinski definition) is 1. The lowest BCUT2D eigenvalue weighted by molar-refractivity contribution is -0.119. The van der Waals surface area contributed by atoms with Gasteiger partial charge in [0.15, 0.2) is 9.84 Å². The highest BCUT2D eigenvalue weighted by molar-refractivity contribution is 7.99. The van der Waals surface area contributed by atoms with E-state index in [2.05, 4.69) is 0 Å². The van der Waals surface area contributed by atoms with Crippen LogP contribution in [0.2, 0.25) is 0 Å². The van der Waals surface area contributed by atoms with Gasteiger partial charge in [0.1, 0.15) is 11.5 Å². The van der Waals surface area contributed by atoms with Crippen LogP contribution in [0.25, 0.3) is 0 Å². The molecule has 0 aromatic heterocycles. The molecular formula is C17H18O4S2. The van der Waals surface area contributed by atoms with Crippen molar-refractivity contribution in [1.29, 1.82) is 0 Å². The van der Waals surface area contributed by atoms with Gasteiger partial charge in [0, 0.05) is 16.6 Å². The summed E-state index contributed by atoms with van der Waals surface area (Å²) in [6.45, 7) is 1.42. The minimum atomic E-state index is -3.49. The maximum absolute atomic E-state index is 12.4. The third kappa shape index (κ3) is 5.11. The third-order valence-corrected chi connectivity index (χ3v) is 6.39. The lowest BCUT2D eigenvalue weighted by Crippen LogP contribution is -2.24. The number of hydrogen-bond acceptors (Lipinski definition) is 5. The maximum atomic E-state index is 12.4. The summed E-state index contributed by atoms with van der Waals surface area (Å²) < 4.78 is 24.8. The monoisotopic (exact) mass is 350 g/mol. The number of aromatic hydroxyl groups is 1. The van der Waals surface area contributed by atoms with Crippen LogP contribution in [0, 0.1) is 5.92 Å². The van der Waals surface area contributed by atoms with E-state index in [1.54, 1.807) is 54.6 Å². The molecule has 0 fully saturated rings. The fourth-order valence-corrected chi connectivity index (χ4v) is 4.88. The summed E-state index contributed by atoms with van der Waals surface area (Å²) in [5.74, 6) is -0.359. The van der Waals surface area contributed by atoms with Gasteiger partial charge < -0.3 is 5.11 Å². The molecule has 0 amide bonds. The normalized spacial score (nSPS) is 12.7. The lowest BCUT2D eigenvalue weighted by atomic mass is 10.1. The van der Waals surface area contributed by atoms with Crippen molar-refractivity contribution in [1.82, 2.24) is 0 Å². The van der Waals surface area contributed by atoms with Gasteiger partial charge in [0.05, 0.1) is 10.6 Å². The number of phenols is 1. The number of Topliss-reactive ketones (excluding diaryl/α,β-unsaturated/α-hetero) is 1. The Morgan fingerprint density at radius 2 is 1.70 bits per heavy atom. The molecule has 0 radical (unpaired) electrons. The molecule has 6 heteroatoms. The molecular weight excluding hydrogens is 332 g/mol. The fourth-order valence-electron chi connectivity index (χ4n) is 2.01. The number of ketones is 1. The summed E-state index contributed by atoms with van der Waals surface area (Å²) in [7, 11) is -3.49. The lowest BCUT2D eigenvalue weighted by Gasteiger charge is -2.14. The van der Waals surface area contributed by atoms with Gasteiger partial charge in [-0.1, -0.05) is 18.2 Å². The number of thioether (sulfide) groups is 1. The number of rotatable bonds is 7. The highest BCUT2D eigenvalue weighted by Crippen LogP contribution is 2.25. The SMILES string of the molecule is CC(=O)C(CSc1ccc(O)cc1)CS(=O)(=O)c1ccccc1. The number of carbonyl (C=O) groups is 1. The number of carbonyl (C=O) groups excluding carboxylic acids is 1. The quantitative estimate of drug-likeness (QED) is 0.777. The molecule has 0 bridgehead atoms. The summed E-state index contributed by atoms with van der Waals surface area (Å²) in [6.07, 6.45) is 0. The van der Waals surface area contributed by atoms with Crippen LogP contribution in [0.4, 0.5) is 0 Å². The number of phenolic OH excluding ortho intramolecular Hbond substituents is 1. The fraction of sp³-hybridized carbons (Fsp3) is 0.235. The van der Waals surface area contributed by atoms with E-state index in [-0.39, 0.29) is 22.2 Å². The first-order valence-corrected chi connectivity index (χ1v) is 9.72. The highest BCUT2D eigenvalue weighted by atomic mass is 32.2. The van der Waals surface area contributed by atoms with Gasteiger partial charge in [-0.25, -0.2) is 8.42 Å². The molecule has 2 rings (SSSR count). The van der Waals surface area contributed by atoms with E-state index in [9.17, 15) is 18.3 Å². The smallest absolute Gasteiger partial charge is 0.179 e. The van der Waals surface area contributed by atoms with E-state index < -0.39 is 15.8 Å². The van der Waals surface area contributed by atoms with Crippen molar-refractivity contribution in [2.75, 3.05) is 11.5 Å². The van der Waals surface area contributed by atoms with Gasteiger partial charge >= 0.3 is 0 Å². The summed E-state index contributed by atoms with van der Waals surface area (Å²) in [5, 5.41) is 9.26. The molecule has 0 aliphatic heterocycles. The molecule has 0 aliphatic rings. The van der Waals surface area contributed by atoms with Crippen molar-refractivity contribution >= 4 is 27.4 Å². The maximum Gasteiger partial charge on any atom is 0.179 e. The van der Waals surface area contributed by atoms with E-state index >= 15 is 0 Å². The van der Waals surface area contributed by atoms with Gasteiger partial charge in [-0.15, -0.1) is 11.8 Å². The first kappa shape index (κ1) is 17.6. The van der Waals surface area contributed by atoms with Crippen molar-refractivity contribution in [3.05, 3.63) is 54.6 Å². The molecule has 1 N–H and O–H groups in total. The van der Waals surface area contributed by atoms with E-state index in [0.717, 1.165) is 4.90 Å². The summed E-state index contributed by atoms with van der Waals surface area (Å²) in [5.41, 5.74) is 0. The Kier molecular flexibility index (Phi) is 5.85. The van der Waals surface area contributed by atoms with Gasteiger partial charge in [0.2, 0.25) is 0 Å². The van der Waals surface area contributed by atoms with Crippen LogP contribution in [0.15, 0.2) is 64.4 Å². The van der Waals surface area contributed by atoms with Gasteiger partial charge in [0.25, 0.3) is 0 Å². The zero-order valence-corrected chi connectivity index (χ0v) is 14.3. The van der Waals surface area contributed by atoms with Crippen LogP contribution in [0.1, 0.15) is 6.92 Å². The number of sulfone groups is 1. The Labute approximate surface area is 140 Å². The highest BCUT2D eigenvalue weighted by Gasteiger charge is 2.24. The molecule has 0 aliphatic carbocycles. The minimum absolute atomic E-state index is 0.143. The second kappa shape index (κ2) is 7.66. The van der Waals surface area contributed by atoms with Crippen LogP contribution >= 0.6 is 11.8 Å². The predicted octanol–water partition coefficient (Wildman–Crippen LogP) is 3.16. The molecule has 1 unspecified atom stereocenters. The second-order valence-electron chi connectivity index (χ2n) is 5.21. The van der Waals surface area contributed by atoms with Gasteiger partial charge in [-0.3, -0.25) is 4.79 Å². The molecule has 4 nitrogen and oxygen atoms in total. The molecule has 0 heterocycles. The van der Waals surface area contributed by atoms with Crippen LogP contribution < -0.4 is 0 Å². The second-order valence-corrected chi connectivity index (χ2v) is 8.33. The Hall–Kier alpha value is -1.79. The zero-order chi connectivity index (χ0) is 16.9. The van der Waals surface area contributed by atoms with E-state index in [0.29, 0.717) is 5.75 Å². The molecule has 122 valence electrons. The minimum Gasteiger partial charge on any atom is -0.508 e. The largest absolute Gasteiger partial charge is 0.508 e. The van der Waals surface area contributed by atoms with Crippen molar-refractivity contribution < 1.29 is 18.3 Å². The Bertz CT molecular complexity index is 753. The summed E-state index contributed by atoms with van der Waals surface area (Å²) in [6, 6.07) is 14.8. The predicted molar refractivity (Wildman–Crippen MR) is 91.5 cm³/mol. The molecule has 23 heavy (non-hydrogen) atoms. The van der Waals surface area contributed by atoms with E-state index in [4.69, 9.17) is 0 Å². The molecule has 2 aromatic carbocycles. The van der Waals surface area contributed by atoms with Crippen molar-refractivity contribution in [2.24, 2.45) is 5.92 Å². The Morgan fingerprint density at radius 3 is 2.26 bits per heavy atom. The van der Waals surface area contributed by atoms with Gasteiger partial charge in [-0.2, -0.15) is 0 Å². The van der Waals surface area contributed by atoms with Crippen molar-refractivity contribution in [3.63, 3.8) is 0 Å². The van der Waals surface area contributed by atoms with Crippen molar-refractivity contribution in [3.8, 4) is 5.75 Å². The Morgan fingerprint density at radius 1 is 1.09 bits per heavy atom. The van der Waals surface area contributed by atoms with Crippen LogP contribution in [-0.4, -0.2) is 30.8 Å². The molecule has 1 atom stereocenters. The van der Waals surface area contributed by atoms with E-state index in [1.165, 1.54) is 18.7 Å². The van der Waals surface area contributed by atoms with Gasteiger partial charge in [-0.05, 0) is 43.3 Å². The average molecular weight is 350 g/mol. The third-order valence-electron chi connectivity index (χ3n) is 3.39. The van der Waals surface area contributed by atoms with E-state index in [1.807, 2.05) is 0 Å². The molecule has 0 spiro atoms. The standard InChI is InChI=1S/C17H18O4S2/c1-13(18)14(11-22-16-9-7-15(19)8-10-16)12-23(20,21)17-5-3-2-4-6-17/h2-10,14,19H,11-12H2,1H3. The molecule has 2 aromatic rings. The van der Waals surface area contributed by atoms with Crippen LogP contribution in [0.3, 0.4) is 0 Å². The Balaban J connectivity index is 2.07. The first-order chi connectivity index (χ1) is 10.9. The average Bonchev–Trinajstić information content (AvgIpc) is 2.53. The molecule has 0 saturated carbocycles. The first-order valence-electron chi connectivity index (χ1n) is 7.08.